The summed E-state index contributed by atoms with van der Waals surface area (Å²) in [6.07, 6.45) is 12.2. The number of hydrogen-bond donors (Lipinski definition) is 2. The quantitative estimate of drug-likeness (QED) is 0.385. The number of benzene rings is 1. The number of piperidine rings is 1. The second-order valence-corrected chi connectivity index (χ2v) is 12.1. The van der Waals surface area contributed by atoms with Crippen molar-refractivity contribution in [2.45, 2.75) is 49.8 Å². The highest BCUT2D eigenvalue weighted by atomic mass is 35.5. The van der Waals surface area contributed by atoms with E-state index in [1.165, 1.54) is 36.4 Å². The van der Waals surface area contributed by atoms with Crippen LogP contribution < -0.4 is 11.1 Å². The molecule has 0 unspecified atom stereocenters. The normalized spacial score (nSPS) is 16.4. The first-order valence-electron chi connectivity index (χ1n) is 13.6. The van der Waals surface area contributed by atoms with E-state index in [0.717, 1.165) is 44.2 Å². The van der Waals surface area contributed by atoms with Gasteiger partial charge in [-0.25, -0.2) is 18.4 Å². The SMILES string of the molecule is Cl.Nc1ncc(-c2ccc(S(=O)(=O)N3CCCCC3)cc2)nc1C(=O)Nc1cncc(CCCN2CCCC2)c1. The van der Waals surface area contributed by atoms with Gasteiger partial charge in [-0.3, -0.25) is 9.78 Å². The molecule has 0 atom stereocenters. The number of likely N-dealkylation sites (tertiary alicyclic amines) is 1. The Morgan fingerprint density at radius 2 is 1.65 bits per heavy atom. The highest BCUT2D eigenvalue weighted by Gasteiger charge is 2.26. The molecule has 12 heteroatoms. The first-order chi connectivity index (χ1) is 18.9. The van der Waals surface area contributed by atoms with Crippen LogP contribution >= 0.6 is 12.4 Å². The minimum atomic E-state index is -3.53. The number of anilines is 2. The fourth-order valence-corrected chi connectivity index (χ4v) is 6.67. The smallest absolute Gasteiger partial charge is 0.278 e. The molecule has 0 aliphatic carbocycles. The lowest BCUT2D eigenvalue weighted by Gasteiger charge is -2.25. The van der Waals surface area contributed by atoms with Crippen LogP contribution in [0.4, 0.5) is 11.5 Å². The molecule has 2 aliphatic rings. The second-order valence-electron chi connectivity index (χ2n) is 10.2. The van der Waals surface area contributed by atoms with E-state index in [9.17, 15) is 13.2 Å². The highest BCUT2D eigenvalue weighted by Crippen LogP contribution is 2.25. The Hall–Kier alpha value is -3.12. The number of rotatable bonds is 9. The van der Waals surface area contributed by atoms with Crippen LogP contribution in [0.3, 0.4) is 0 Å². The van der Waals surface area contributed by atoms with Crippen molar-refractivity contribution in [3.8, 4) is 11.3 Å². The summed E-state index contributed by atoms with van der Waals surface area (Å²) in [6, 6.07) is 8.41. The number of sulfonamides is 1. The molecule has 1 amide bonds. The fraction of sp³-hybridized carbons (Fsp3) is 0.429. The number of pyridine rings is 1. The minimum absolute atomic E-state index is 0. The average Bonchev–Trinajstić information content (AvgIpc) is 3.48. The monoisotopic (exact) mass is 585 g/mol. The van der Waals surface area contributed by atoms with Gasteiger partial charge >= 0.3 is 0 Å². The number of nitrogens with zero attached hydrogens (tertiary/aromatic N) is 5. The molecule has 2 aliphatic heterocycles. The first kappa shape index (κ1) is 29.9. The Morgan fingerprint density at radius 1 is 0.950 bits per heavy atom. The zero-order valence-electron chi connectivity index (χ0n) is 22.5. The van der Waals surface area contributed by atoms with Crippen LogP contribution in [0.1, 0.15) is 54.6 Å². The average molecular weight is 586 g/mol. The van der Waals surface area contributed by atoms with E-state index >= 15 is 0 Å². The molecule has 0 saturated carbocycles. The zero-order valence-corrected chi connectivity index (χ0v) is 24.1. The molecule has 5 rings (SSSR count). The molecular formula is C28H36ClN7O3S. The van der Waals surface area contributed by atoms with Gasteiger partial charge in [0.25, 0.3) is 5.91 Å². The summed E-state index contributed by atoms with van der Waals surface area (Å²) in [5.41, 5.74) is 8.68. The number of nitrogens with one attached hydrogen (secondary N) is 1. The Morgan fingerprint density at radius 3 is 2.38 bits per heavy atom. The Kier molecular flexibility index (Phi) is 10.1. The summed E-state index contributed by atoms with van der Waals surface area (Å²) in [6.45, 7) is 4.52. The molecule has 2 fully saturated rings. The Balaban J connectivity index is 0.00000370. The van der Waals surface area contributed by atoms with Crippen LogP contribution in [0.25, 0.3) is 11.3 Å². The summed E-state index contributed by atoms with van der Waals surface area (Å²) >= 11 is 0. The molecule has 0 bridgehead atoms. The maximum atomic E-state index is 13.1. The molecule has 0 spiro atoms. The van der Waals surface area contributed by atoms with Crippen molar-refractivity contribution in [1.29, 1.82) is 0 Å². The van der Waals surface area contributed by atoms with Crippen LogP contribution in [0, 0.1) is 0 Å². The fourth-order valence-electron chi connectivity index (χ4n) is 5.15. The van der Waals surface area contributed by atoms with Crippen molar-refractivity contribution in [2.75, 3.05) is 43.8 Å². The van der Waals surface area contributed by atoms with Crippen molar-refractivity contribution in [2.24, 2.45) is 0 Å². The largest absolute Gasteiger partial charge is 0.382 e. The number of aromatic nitrogens is 3. The van der Waals surface area contributed by atoms with E-state index in [1.807, 2.05) is 12.3 Å². The van der Waals surface area contributed by atoms with E-state index in [1.54, 1.807) is 30.5 Å². The van der Waals surface area contributed by atoms with Crippen molar-refractivity contribution >= 4 is 39.8 Å². The molecule has 3 aromatic rings. The van der Waals surface area contributed by atoms with Gasteiger partial charge in [0.2, 0.25) is 10.0 Å². The van der Waals surface area contributed by atoms with Crippen LogP contribution in [0.2, 0.25) is 0 Å². The van der Waals surface area contributed by atoms with Gasteiger partial charge in [0, 0.05) is 24.8 Å². The first-order valence-corrected chi connectivity index (χ1v) is 15.0. The lowest BCUT2D eigenvalue weighted by atomic mass is 10.1. The summed E-state index contributed by atoms with van der Waals surface area (Å²) in [7, 11) is -3.53. The van der Waals surface area contributed by atoms with E-state index in [-0.39, 0.29) is 28.8 Å². The van der Waals surface area contributed by atoms with Gasteiger partial charge in [-0.15, -0.1) is 12.4 Å². The molecule has 1 aromatic carbocycles. The zero-order chi connectivity index (χ0) is 27.2. The van der Waals surface area contributed by atoms with E-state index in [0.29, 0.717) is 30.0 Å². The molecule has 4 heterocycles. The number of nitrogens with two attached hydrogens (primary N) is 1. The van der Waals surface area contributed by atoms with Crippen molar-refractivity contribution in [3.63, 3.8) is 0 Å². The van der Waals surface area contributed by atoms with Gasteiger partial charge in [0.05, 0.1) is 28.7 Å². The van der Waals surface area contributed by atoms with Crippen LogP contribution in [-0.2, 0) is 16.4 Å². The number of hydrogen-bond acceptors (Lipinski definition) is 8. The number of nitrogen functional groups attached to an aromatic ring is 1. The second kappa shape index (κ2) is 13.5. The number of amides is 1. The van der Waals surface area contributed by atoms with Crippen molar-refractivity contribution in [1.82, 2.24) is 24.2 Å². The molecular weight excluding hydrogens is 550 g/mol. The van der Waals surface area contributed by atoms with Crippen molar-refractivity contribution < 1.29 is 13.2 Å². The maximum Gasteiger partial charge on any atom is 0.278 e. The van der Waals surface area contributed by atoms with Gasteiger partial charge in [-0.2, -0.15) is 4.31 Å². The maximum absolute atomic E-state index is 13.1. The molecule has 40 heavy (non-hydrogen) atoms. The van der Waals surface area contributed by atoms with Gasteiger partial charge in [0.15, 0.2) is 11.5 Å². The van der Waals surface area contributed by atoms with Gasteiger partial charge < -0.3 is 16.0 Å². The topological polar surface area (TPSA) is 134 Å². The van der Waals surface area contributed by atoms with Crippen molar-refractivity contribution in [3.05, 3.63) is 60.2 Å². The van der Waals surface area contributed by atoms with Crippen LogP contribution in [0.15, 0.2) is 53.8 Å². The minimum Gasteiger partial charge on any atom is -0.382 e. The number of halogens is 1. The number of aryl methyl sites for hydroxylation is 1. The summed E-state index contributed by atoms with van der Waals surface area (Å²) in [5.74, 6) is -0.475. The predicted octanol–water partition coefficient (Wildman–Crippen LogP) is 4.00. The third kappa shape index (κ3) is 7.14. The van der Waals surface area contributed by atoms with E-state index in [4.69, 9.17) is 5.73 Å². The number of carbonyl (C=O) groups is 1. The van der Waals surface area contributed by atoms with Gasteiger partial charge in [-0.1, -0.05) is 18.6 Å². The highest BCUT2D eigenvalue weighted by molar-refractivity contribution is 7.89. The lowest BCUT2D eigenvalue weighted by Crippen LogP contribution is -2.35. The van der Waals surface area contributed by atoms with Crippen LogP contribution in [0.5, 0.6) is 0 Å². The third-order valence-electron chi connectivity index (χ3n) is 7.31. The summed E-state index contributed by atoms with van der Waals surface area (Å²) in [5, 5.41) is 2.84. The number of carbonyl (C=O) groups excluding carboxylic acids is 1. The lowest BCUT2D eigenvalue weighted by molar-refractivity contribution is 0.102. The summed E-state index contributed by atoms with van der Waals surface area (Å²) < 4.78 is 27.5. The molecule has 0 radical (unpaired) electrons. The van der Waals surface area contributed by atoms with E-state index < -0.39 is 15.9 Å². The Bertz CT molecular complexity index is 1410. The molecule has 2 aromatic heterocycles. The van der Waals surface area contributed by atoms with E-state index in [2.05, 4.69) is 25.2 Å². The van der Waals surface area contributed by atoms with Crippen LogP contribution in [-0.4, -0.2) is 71.2 Å². The standard InChI is InChI=1S/C28H35N7O3S.ClH/c29-27-26(28(36)32-23-17-21(18-30-19-23)7-6-14-34-12-4-5-13-34)33-25(20-31-27)22-8-10-24(11-9-22)39(37,38)35-15-2-1-3-16-35;/h8-11,17-20H,1-7,12-16H2,(H2,29,31)(H,32,36);1H. The Labute approximate surface area is 241 Å². The van der Waals surface area contributed by atoms with Gasteiger partial charge in [-0.05, 0) is 81.9 Å². The molecule has 214 valence electrons. The van der Waals surface area contributed by atoms with Gasteiger partial charge in [0.1, 0.15) is 0 Å². The summed E-state index contributed by atoms with van der Waals surface area (Å²) in [4.78, 5) is 28.7. The molecule has 3 N–H and O–H groups in total. The molecule has 2 saturated heterocycles. The molecule has 10 nitrogen and oxygen atoms in total. The third-order valence-corrected chi connectivity index (χ3v) is 9.22. The predicted molar refractivity (Wildman–Crippen MR) is 158 cm³/mol.